The Bertz CT molecular complexity index is 290. The predicted molar refractivity (Wildman–Crippen MR) is 78.4 cm³/mol. The van der Waals surface area contributed by atoms with E-state index in [-0.39, 0.29) is 0 Å². The minimum Gasteiger partial charge on any atom is -0.379 e. The fraction of sp³-hybridized carbons (Fsp3) is 1.00. The molecule has 0 radical (unpaired) electrons. The molecule has 0 aromatic heterocycles. The monoisotopic (exact) mass is 266 g/mol. The normalized spacial score (nSPS) is 37.4. The summed E-state index contributed by atoms with van der Waals surface area (Å²) in [5.41, 5.74) is 0.721. The van der Waals surface area contributed by atoms with Gasteiger partial charge in [0.1, 0.15) is 0 Å². The number of rotatable bonds is 4. The van der Waals surface area contributed by atoms with E-state index in [1.54, 1.807) is 0 Å². The van der Waals surface area contributed by atoms with Gasteiger partial charge in [-0.15, -0.1) is 0 Å². The van der Waals surface area contributed by atoms with E-state index in [0.717, 1.165) is 37.6 Å². The van der Waals surface area contributed by atoms with E-state index in [0.29, 0.717) is 0 Å². The second kappa shape index (κ2) is 6.11. The van der Waals surface area contributed by atoms with Crippen molar-refractivity contribution in [1.29, 1.82) is 0 Å². The summed E-state index contributed by atoms with van der Waals surface area (Å²) in [7, 11) is 0. The molecule has 1 aliphatic carbocycles. The van der Waals surface area contributed by atoms with E-state index in [1.807, 2.05) is 0 Å². The van der Waals surface area contributed by atoms with E-state index in [1.165, 1.54) is 58.3 Å². The highest BCUT2D eigenvalue weighted by Crippen LogP contribution is 2.47. The highest BCUT2D eigenvalue weighted by Gasteiger charge is 2.42. The predicted octanol–water partition coefficient (Wildman–Crippen LogP) is 2.22. The third kappa shape index (κ3) is 3.50. The first-order chi connectivity index (χ1) is 9.26. The molecular formula is C16H30N2O. The number of hydrogen-bond acceptors (Lipinski definition) is 3. The van der Waals surface area contributed by atoms with Gasteiger partial charge in [0.05, 0.1) is 13.2 Å². The largest absolute Gasteiger partial charge is 0.379 e. The zero-order chi connectivity index (χ0) is 13.1. The number of nitrogens with zero attached hydrogens (tertiary/aromatic N) is 2. The highest BCUT2D eigenvalue weighted by molar-refractivity contribution is 4.95. The summed E-state index contributed by atoms with van der Waals surface area (Å²) in [6.07, 6.45) is 7.27. The molecule has 2 aliphatic heterocycles. The van der Waals surface area contributed by atoms with Crippen molar-refractivity contribution in [2.24, 2.45) is 11.3 Å². The zero-order valence-corrected chi connectivity index (χ0v) is 12.6. The van der Waals surface area contributed by atoms with Crippen molar-refractivity contribution in [3.63, 3.8) is 0 Å². The Hall–Kier alpha value is -0.120. The van der Waals surface area contributed by atoms with Crippen molar-refractivity contribution < 1.29 is 4.74 Å². The van der Waals surface area contributed by atoms with Crippen molar-refractivity contribution >= 4 is 0 Å². The molecule has 1 spiro atoms. The molecule has 3 nitrogen and oxygen atoms in total. The van der Waals surface area contributed by atoms with Crippen molar-refractivity contribution in [1.82, 2.24) is 9.80 Å². The van der Waals surface area contributed by atoms with Crippen LogP contribution in [0, 0.1) is 11.3 Å². The maximum atomic E-state index is 5.40. The van der Waals surface area contributed by atoms with Crippen LogP contribution in [-0.4, -0.2) is 62.3 Å². The van der Waals surface area contributed by atoms with Crippen LogP contribution in [0.4, 0.5) is 0 Å². The van der Waals surface area contributed by atoms with Gasteiger partial charge in [-0.2, -0.15) is 0 Å². The summed E-state index contributed by atoms with van der Waals surface area (Å²) in [6, 6.07) is 0. The first kappa shape index (κ1) is 13.8. The molecule has 3 heteroatoms. The summed E-state index contributed by atoms with van der Waals surface area (Å²) in [5.74, 6) is 0.980. The summed E-state index contributed by atoms with van der Waals surface area (Å²) >= 11 is 0. The van der Waals surface area contributed by atoms with Crippen LogP contribution in [0.5, 0.6) is 0 Å². The molecule has 1 saturated carbocycles. The number of morpholine rings is 1. The van der Waals surface area contributed by atoms with Gasteiger partial charge in [-0.1, -0.05) is 13.3 Å². The van der Waals surface area contributed by atoms with Crippen LogP contribution >= 0.6 is 0 Å². The Kier molecular flexibility index (Phi) is 4.45. The van der Waals surface area contributed by atoms with E-state index in [4.69, 9.17) is 4.74 Å². The van der Waals surface area contributed by atoms with Gasteiger partial charge in [0.15, 0.2) is 0 Å². The van der Waals surface area contributed by atoms with E-state index < -0.39 is 0 Å². The van der Waals surface area contributed by atoms with Gasteiger partial charge < -0.3 is 9.64 Å². The molecule has 2 saturated heterocycles. The summed E-state index contributed by atoms with van der Waals surface area (Å²) < 4.78 is 5.40. The fourth-order valence-electron chi connectivity index (χ4n) is 4.43. The maximum Gasteiger partial charge on any atom is 0.0594 e. The van der Waals surface area contributed by atoms with Crippen molar-refractivity contribution in [3.8, 4) is 0 Å². The number of likely N-dealkylation sites (tertiary alicyclic amines) is 1. The number of hydrogen-bond donors (Lipinski definition) is 0. The van der Waals surface area contributed by atoms with Crippen molar-refractivity contribution in [2.45, 2.75) is 39.0 Å². The van der Waals surface area contributed by atoms with Gasteiger partial charge in [-0.3, -0.25) is 4.90 Å². The van der Waals surface area contributed by atoms with Crippen LogP contribution in [0.25, 0.3) is 0 Å². The first-order valence-corrected chi connectivity index (χ1v) is 8.28. The molecule has 0 bridgehead atoms. The molecular weight excluding hydrogens is 236 g/mol. The van der Waals surface area contributed by atoms with E-state index in [2.05, 4.69) is 16.7 Å². The van der Waals surface area contributed by atoms with Crippen LogP contribution in [0.1, 0.15) is 39.0 Å². The molecule has 0 N–H and O–H groups in total. The van der Waals surface area contributed by atoms with Crippen molar-refractivity contribution in [3.05, 3.63) is 0 Å². The van der Waals surface area contributed by atoms with Gasteiger partial charge in [0.2, 0.25) is 0 Å². The van der Waals surface area contributed by atoms with E-state index in [9.17, 15) is 0 Å². The van der Waals surface area contributed by atoms with Crippen LogP contribution in [0.2, 0.25) is 0 Å². The van der Waals surface area contributed by atoms with Crippen molar-refractivity contribution in [2.75, 3.05) is 52.5 Å². The first-order valence-electron chi connectivity index (χ1n) is 8.28. The summed E-state index contributed by atoms with van der Waals surface area (Å²) in [4.78, 5) is 5.30. The molecule has 0 aromatic carbocycles. The lowest BCUT2D eigenvalue weighted by Crippen LogP contribution is -2.38. The Labute approximate surface area is 118 Å². The molecule has 0 amide bonds. The quantitative estimate of drug-likeness (QED) is 0.776. The molecule has 2 atom stereocenters. The van der Waals surface area contributed by atoms with Crippen LogP contribution in [-0.2, 0) is 4.74 Å². The fourth-order valence-corrected chi connectivity index (χ4v) is 4.43. The molecule has 110 valence electrons. The van der Waals surface area contributed by atoms with Crippen LogP contribution < -0.4 is 0 Å². The Morgan fingerprint density at radius 1 is 1.05 bits per heavy atom. The molecule has 19 heavy (non-hydrogen) atoms. The molecule has 0 unspecified atom stereocenters. The van der Waals surface area contributed by atoms with Crippen LogP contribution in [0.3, 0.4) is 0 Å². The highest BCUT2D eigenvalue weighted by atomic mass is 16.5. The molecule has 3 rings (SSSR count). The minimum atomic E-state index is 0.721. The molecule has 2 heterocycles. The summed E-state index contributed by atoms with van der Waals surface area (Å²) in [5, 5.41) is 0. The molecule has 3 aliphatic rings. The average molecular weight is 266 g/mol. The summed E-state index contributed by atoms with van der Waals surface area (Å²) in [6.45, 7) is 11.9. The lowest BCUT2D eigenvalue weighted by atomic mass is 9.85. The SMILES string of the molecule is C[C@@H]1CC[C@@]2(CCN(CCCN3CCOCC3)C2)C1. The number of ether oxygens (including phenoxy) is 1. The Morgan fingerprint density at radius 3 is 2.58 bits per heavy atom. The standard InChI is InChI=1S/C16H30N2O/c1-15-3-4-16(13-15)5-8-18(14-16)7-2-6-17-9-11-19-12-10-17/h15H,2-14H2,1H3/t15-,16-/m1/s1. The Morgan fingerprint density at radius 2 is 1.84 bits per heavy atom. The van der Waals surface area contributed by atoms with Gasteiger partial charge in [0, 0.05) is 19.6 Å². The maximum absolute atomic E-state index is 5.40. The molecule has 3 fully saturated rings. The third-order valence-corrected chi connectivity index (χ3v) is 5.52. The average Bonchev–Trinajstić information content (AvgIpc) is 2.98. The topological polar surface area (TPSA) is 15.7 Å². The molecule has 0 aromatic rings. The van der Waals surface area contributed by atoms with E-state index >= 15 is 0 Å². The second-order valence-electron chi connectivity index (χ2n) is 7.18. The smallest absolute Gasteiger partial charge is 0.0594 e. The Balaban J connectivity index is 1.35. The third-order valence-electron chi connectivity index (χ3n) is 5.52. The lowest BCUT2D eigenvalue weighted by Gasteiger charge is -2.28. The minimum absolute atomic E-state index is 0.721. The van der Waals surface area contributed by atoms with Gasteiger partial charge in [-0.25, -0.2) is 0 Å². The second-order valence-corrected chi connectivity index (χ2v) is 7.18. The van der Waals surface area contributed by atoms with Gasteiger partial charge in [0.25, 0.3) is 0 Å². The lowest BCUT2D eigenvalue weighted by molar-refractivity contribution is 0.0362. The van der Waals surface area contributed by atoms with Crippen LogP contribution in [0.15, 0.2) is 0 Å². The van der Waals surface area contributed by atoms with Gasteiger partial charge >= 0.3 is 0 Å². The van der Waals surface area contributed by atoms with Gasteiger partial charge in [-0.05, 0) is 56.7 Å². The zero-order valence-electron chi connectivity index (χ0n) is 12.6.